The fraction of sp³-hybridized carbons (Fsp3) is 0.167. The van der Waals surface area contributed by atoms with Gasteiger partial charge in [0.25, 0.3) is 0 Å². The van der Waals surface area contributed by atoms with Crippen LogP contribution in [0.4, 0.5) is 0 Å². The lowest BCUT2D eigenvalue weighted by atomic mass is 10.2. The summed E-state index contributed by atoms with van der Waals surface area (Å²) in [5.41, 5.74) is 1.13. The van der Waals surface area contributed by atoms with E-state index in [4.69, 9.17) is 4.74 Å². The normalized spacial score (nSPS) is 11.2. The van der Waals surface area contributed by atoms with Crippen molar-refractivity contribution in [1.82, 2.24) is 10.2 Å². The van der Waals surface area contributed by atoms with Crippen LogP contribution in [-0.2, 0) is 9.84 Å². The molecular formula is C12H12N2O3S. The van der Waals surface area contributed by atoms with Crippen molar-refractivity contribution in [3.8, 4) is 11.6 Å². The van der Waals surface area contributed by atoms with Crippen LogP contribution in [0.1, 0.15) is 5.56 Å². The summed E-state index contributed by atoms with van der Waals surface area (Å²) in [6, 6.07) is 10.3. The minimum Gasteiger partial charge on any atom is -0.438 e. The smallest absolute Gasteiger partial charge is 0.238 e. The fourth-order valence-electron chi connectivity index (χ4n) is 1.29. The molecule has 0 N–H and O–H groups in total. The molecule has 0 aliphatic rings. The quantitative estimate of drug-likeness (QED) is 0.847. The van der Waals surface area contributed by atoms with Crippen LogP contribution >= 0.6 is 0 Å². The zero-order valence-electron chi connectivity index (χ0n) is 9.99. The molecule has 0 atom stereocenters. The zero-order chi connectivity index (χ0) is 13.2. The third-order valence-corrected chi connectivity index (χ3v) is 3.22. The minimum absolute atomic E-state index is 0.0706. The molecule has 1 aromatic heterocycles. The Balaban J connectivity index is 2.18. The number of hydrogen-bond donors (Lipinski definition) is 0. The first kappa shape index (κ1) is 12.5. The SMILES string of the molecule is Cc1ccc(Oc2ccc(S(C)(=O)=O)nn2)cc1. The Morgan fingerprint density at radius 1 is 1.00 bits per heavy atom. The zero-order valence-corrected chi connectivity index (χ0v) is 10.8. The van der Waals surface area contributed by atoms with E-state index in [9.17, 15) is 8.42 Å². The fourth-order valence-corrected chi connectivity index (χ4v) is 1.79. The number of nitrogens with zero attached hydrogens (tertiary/aromatic N) is 2. The van der Waals surface area contributed by atoms with E-state index in [1.54, 1.807) is 0 Å². The molecule has 0 saturated carbocycles. The number of sulfone groups is 1. The van der Waals surface area contributed by atoms with E-state index >= 15 is 0 Å². The van der Waals surface area contributed by atoms with Gasteiger partial charge in [-0.2, -0.15) is 0 Å². The highest BCUT2D eigenvalue weighted by Gasteiger charge is 2.09. The Morgan fingerprint density at radius 2 is 1.67 bits per heavy atom. The lowest BCUT2D eigenvalue weighted by Crippen LogP contribution is -2.02. The lowest BCUT2D eigenvalue weighted by Gasteiger charge is -2.04. The molecule has 0 fully saturated rings. The molecule has 5 nitrogen and oxygen atoms in total. The third-order valence-electron chi connectivity index (χ3n) is 2.24. The van der Waals surface area contributed by atoms with Gasteiger partial charge in [-0.15, -0.1) is 10.2 Å². The molecule has 0 spiro atoms. The highest BCUT2D eigenvalue weighted by molar-refractivity contribution is 7.90. The van der Waals surface area contributed by atoms with E-state index in [-0.39, 0.29) is 10.9 Å². The van der Waals surface area contributed by atoms with E-state index in [0.29, 0.717) is 5.75 Å². The molecule has 2 aromatic rings. The van der Waals surface area contributed by atoms with Crippen molar-refractivity contribution in [2.24, 2.45) is 0 Å². The Bertz CT molecular complexity index is 634. The minimum atomic E-state index is -3.33. The van der Waals surface area contributed by atoms with Crippen molar-refractivity contribution < 1.29 is 13.2 Å². The molecule has 0 saturated heterocycles. The van der Waals surface area contributed by atoms with Gasteiger partial charge in [0, 0.05) is 12.3 Å². The second kappa shape index (κ2) is 4.73. The van der Waals surface area contributed by atoms with Crippen LogP contribution in [0.15, 0.2) is 41.4 Å². The van der Waals surface area contributed by atoms with Gasteiger partial charge in [0.2, 0.25) is 5.88 Å². The van der Waals surface area contributed by atoms with Crippen LogP contribution in [0, 0.1) is 6.92 Å². The van der Waals surface area contributed by atoms with Gasteiger partial charge < -0.3 is 4.74 Å². The predicted octanol–water partition coefficient (Wildman–Crippen LogP) is 1.98. The molecule has 0 aliphatic heterocycles. The van der Waals surface area contributed by atoms with Gasteiger partial charge >= 0.3 is 0 Å². The first-order chi connectivity index (χ1) is 8.45. The van der Waals surface area contributed by atoms with Crippen molar-refractivity contribution in [2.75, 3.05) is 6.26 Å². The highest BCUT2D eigenvalue weighted by atomic mass is 32.2. The average molecular weight is 264 g/mol. The molecule has 94 valence electrons. The number of benzene rings is 1. The lowest BCUT2D eigenvalue weighted by molar-refractivity contribution is 0.452. The topological polar surface area (TPSA) is 69.2 Å². The van der Waals surface area contributed by atoms with Crippen molar-refractivity contribution in [3.63, 3.8) is 0 Å². The van der Waals surface area contributed by atoms with E-state index in [2.05, 4.69) is 10.2 Å². The van der Waals surface area contributed by atoms with E-state index in [0.717, 1.165) is 11.8 Å². The van der Waals surface area contributed by atoms with Gasteiger partial charge in [0.05, 0.1) is 0 Å². The Kier molecular flexibility index (Phi) is 3.29. The van der Waals surface area contributed by atoms with Gasteiger partial charge in [-0.1, -0.05) is 17.7 Å². The number of aromatic nitrogens is 2. The number of hydrogen-bond acceptors (Lipinski definition) is 5. The maximum absolute atomic E-state index is 11.2. The summed E-state index contributed by atoms with van der Waals surface area (Å²) in [6.07, 6.45) is 1.08. The van der Waals surface area contributed by atoms with Gasteiger partial charge in [0.15, 0.2) is 14.9 Å². The van der Waals surface area contributed by atoms with Gasteiger partial charge in [-0.25, -0.2) is 8.42 Å². The van der Waals surface area contributed by atoms with Crippen molar-refractivity contribution >= 4 is 9.84 Å². The van der Waals surface area contributed by atoms with Crippen molar-refractivity contribution in [2.45, 2.75) is 11.9 Å². The second-order valence-corrected chi connectivity index (χ2v) is 5.86. The maximum atomic E-state index is 11.2. The molecule has 0 radical (unpaired) electrons. The molecule has 1 heterocycles. The van der Waals surface area contributed by atoms with E-state index < -0.39 is 9.84 Å². The molecule has 0 amide bonds. The summed E-state index contributed by atoms with van der Waals surface area (Å²) < 4.78 is 27.8. The van der Waals surface area contributed by atoms with Crippen molar-refractivity contribution in [3.05, 3.63) is 42.0 Å². The molecule has 6 heteroatoms. The average Bonchev–Trinajstić information content (AvgIpc) is 2.32. The maximum Gasteiger partial charge on any atom is 0.238 e. The summed E-state index contributed by atoms with van der Waals surface area (Å²) in [4.78, 5) is 0. The van der Waals surface area contributed by atoms with Crippen LogP contribution in [0.5, 0.6) is 11.6 Å². The Morgan fingerprint density at radius 3 is 2.17 bits per heavy atom. The highest BCUT2D eigenvalue weighted by Crippen LogP contribution is 2.19. The van der Waals surface area contributed by atoms with Crippen LogP contribution in [0.2, 0.25) is 0 Å². The molecule has 1 aromatic carbocycles. The summed E-state index contributed by atoms with van der Waals surface area (Å²) in [7, 11) is -3.33. The summed E-state index contributed by atoms with van der Waals surface area (Å²) in [6.45, 7) is 1.98. The standard InChI is InChI=1S/C12H12N2O3S/c1-9-3-5-10(6-4-9)17-11-7-8-12(14-13-11)18(2,15)16/h3-8H,1-2H3. The molecule has 2 rings (SSSR count). The van der Waals surface area contributed by atoms with Crippen molar-refractivity contribution in [1.29, 1.82) is 0 Å². The van der Waals surface area contributed by atoms with Crippen LogP contribution in [0.25, 0.3) is 0 Å². The second-order valence-electron chi connectivity index (χ2n) is 3.90. The number of aryl methyl sites for hydroxylation is 1. The number of ether oxygens (including phenoxy) is 1. The predicted molar refractivity (Wildman–Crippen MR) is 66.4 cm³/mol. The first-order valence-electron chi connectivity index (χ1n) is 5.23. The van der Waals surface area contributed by atoms with Crippen LogP contribution in [-0.4, -0.2) is 24.9 Å². The Labute approximate surface area is 105 Å². The summed E-state index contributed by atoms with van der Waals surface area (Å²) in [5.74, 6) is 0.883. The molecule has 0 unspecified atom stereocenters. The Hall–Kier alpha value is -1.95. The monoisotopic (exact) mass is 264 g/mol. The van der Waals surface area contributed by atoms with E-state index in [1.165, 1.54) is 12.1 Å². The molecule has 18 heavy (non-hydrogen) atoms. The first-order valence-corrected chi connectivity index (χ1v) is 7.12. The summed E-state index contributed by atoms with van der Waals surface area (Å²) >= 11 is 0. The molecule has 0 bridgehead atoms. The van der Waals surface area contributed by atoms with Crippen LogP contribution in [0.3, 0.4) is 0 Å². The number of rotatable bonds is 3. The van der Waals surface area contributed by atoms with E-state index in [1.807, 2.05) is 31.2 Å². The summed E-state index contributed by atoms with van der Waals surface area (Å²) in [5, 5.41) is 7.24. The van der Waals surface area contributed by atoms with Crippen LogP contribution < -0.4 is 4.74 Å². The molecule has 0 aliphatic carbocycles. The molecular weight excluding hydrogens is 252 g/mol. The van der Waals surface area contributed by atoms with Gasteiger partial charge in [-0.05, 0) is 25.1 Å². The van der Waals surface area contributed by atoms with Gasteiger partial charge in [-0.3, -0.25) is 0 Å². The largest absolute Gasteiger partial charge is 0.438 e. The third kappa shape index (κ3) is 3.04. The van der Waals surface area contributed by atoms with Gasteiger partial charge in [0.1, 0.15) is 5.75 Å².